The standard InChI is InChI=1S/C17H20N4O2S/c1-13-7-9-20(10-8-13)21-17(11-18)16(12-19-21)14-3-5-15(6-4-14)24(2,22)23/h3-6,12-13H,7-10H2,1-2H3. The maximum Gasteiger partial charge on any atom is 0.175 e. The zero-order chi connectivity index (χ0) is 17.3. The number of sulfone groups is 1. The number of nitriles is 1. The summed E-state index contributed by atoms with van der Waals surface area (Å²) in [5.74, 6) is 0.699. The lowest BCUT2D eigenvalue weighted by Gasteiger charge is -2.31. The molecule has 1 aliphatic rings. The Kier molecular flexibility index (Phi) is 4.33. The number of piperidine rings is 1. The monoisotopic (exact) mass is 344 g/mol. The molecule has 0 unspecified atom stereocenters. The van der Waals surface area contributed by atoms with Gasteiger partial charge in [-0.05, 0) is 36.5 Å². The van der Waals surface area contributed by atoms with Crippen molar-refractivity contribution in [2.75, 3.05) is 24.4 Å². The number of nitrogens with zero attached hydrogens (tertiary/aromatic N) is 4. The van der Waals surface area contributed by atoms with Gasteiger partial charge in [0.05, 0.1) is 11.1 Å². The average molecular weight is 344 g/mol. The van der Waals surface area contributed by atoms with E-state index in [9.17, 15) is 13.7 Å². The maximum absolute atomic E-state index is 11.6. The molecule has 24 heavy (non-hydrogen) atoms. The van der Waals surface area contributed by atoms with E-state index in [1.165, 1.54) is 6.26 Å². The minimum Gasteiger partial charge on any atom is -0.296 e. The largest absolute Gasteiger partial charge is 0.296 e. The van der Waals surface area contributed by atoms with Crippen molar-refractivity contribution < 1.29 is 8.42 Å². The lowest BCUT2D eigenvalue weighted by Crippen LogP contribution is -2.42. The van der Waals surface area contributed by atoms with Crippen LogP contribution in [0.4, 0.5) is 0 Å². The first kappa shape index (κ1) is 16.5. The highest BCUT2D eigenvalue weighted by molar-refractivity contribution is 7.90. The van der Waals surface area contributed by atoms with Crippen LogP contribution in [0.2, 0.25) is 0 Å². The first-order valence-electron chi connectivity index (χ1n) is 7.94. The van der Waals surface area contributed by atoms with Crippen LogP contribution < -0.4 is 5.01 Å². The quantitative estimate of drug-likeness (QED) is 0.853. The Bertz CT molecular complexity index is 870. The summed E-state index contributed by atoms with van der Waals surface area (Å²) in [6.45, 7) is 3.99. The SMILES string of the molecule is CC1CCN(n2ncc(-c3ccc(S(C)(=O)=O)cc3)c2C#N)CC1. The molecule has 7 heteroatoms. The molecule has 1 saturated heterocycles. The van der Waals surface area contributed by atoms with Crippen LogP contribution in [0.5, 0.6) is 0 Å². The van der Waals surface area contributed by atoms with Crippen molar-refractivity contribution >= 4 is 9.84 Å². The van der Waals surface area contributed by atoms with Crippen LogP contribution in [0.15, 0.2) is 35.4 Å². The fraction of sp³-hybridized carbons (Fsp3) is 0.412. The molecule has 2 aromatic rings. The van der Waals surface area contributed by atoms with Gasteiger partial charge in [-0.3, -0.25) is 5.01 Å². The van der Waals surface area contributed by atoms with Crippen molar-refractivity contribution in [3.05, 3.63) is 36.2 Å². The molecule has 1 fully saturated rings. The topological polar surface area (TPSA) is 79.0 Å². The van der Waals surface area contributed by atoms with E-state index in [1.54, 1.807) is 35.3 Å². The van der Waals surface area contributed by atoms with Crippen LogP contribution in [0.1, 0.15) is 25.5 Å². The first-order valence-corrected chi connectivity index (χ1v) is 9.83. The van der Waals surface area contributed by atoms with E-state index >= 15 is 0 Å². The van der Waals surface area contributed by atoms with E-state index in [-0.39, 0.29) is 4.90 Å². The van der Waals surface area contributed by atoms with Gasteiger partial charge in [-0.25, -0.2) is 8.42 Å². The Morgan fingerprint density at radius 1 is 1.21 bits per heavy atom. The van der Waals surface area contributed by atoms with Gasteiger partial charge in [-0.2, -0.15) is 15.2 Å². The van der Waals surface area contributed by atoms with Crippen LogP contribution in [0.3, 0.4) is 0 Å². The van der Waals surface area contributed by atoms with Crippen LogP contribution in [0, 0.1) is 17.2 Å². The number of aromatic nitrogens is 2. The van der Waals surface area contributed by atoms with Gasteiger partial charge in [0.15, 0.2) is 15.5 Å². The van der Waals surface area contributed by atoms with Crippen molar-refractivity contribution in [3.8, 4) is 17.2 Å². The highest BCUT2D eigenvalue weighted by Gasteiger charge is 2.21. The van der Waals surface area contributed by atoms with Gasteiger partial charge in [-0.15, -0.1) is 0 Å². The summed E-state index contributed by atoms with van der Waals surface area (Å²) < 4.78 is 23.1. The molecule has 0 bridgehead atoms. The molecule has 0 atom stereocenters. The minimum absolute atomic E-state index is 0.266. The Hall–Kier alpha value is -2.33. The van der Waals surface area contributed by atoms with Crippen molar-refractivity contribution in [2.24, 2.45) is 5.92 Å². The summed E-state index contributed by atoms with van der Waals surface area (Å²) >= 11 is 0. The van der Waals surface area contributed by atoms with E-state index in [0.29, 0.717) is 11.6 Å². The Morgan fingerprint density at radius 2 is 1.83 bits per heavy atom. The second-order valence-corrected chi connectivity index (χ2v) is 8.36. The van der Waals surface area contributed by atoms with Crippen molar-refractivity contribution in [1.29, 1.82) is 5.26 Å². The summed E-state index contributed by atoms with van der Waals surface area (Å²) in [5.41, 5.74) is 1.99. The number of hydrogen-bond acceptors (Lipinski definition) is 5. The highest BCUT2D eigenvalue weighted by Crippen LogP contribution is 2.26. The van der Waals surface area contributed by atoms with E-state index in [1.807, 2.05) is 0 Å². The van der Waals surface area contributed by atoms with Crippen LogP contribution >= 0.6 is 0 Å². The molecule has 2 heterocycles. The fourth-order valence-electron chi connectivity index (χ4n) is 2.94. The number of benzene rings is 1. The molecule has 1 aromatic heterocycles. The van der Waals surface area contributed by atoms with Gasteiger partial charge in [0.25, 0.3) is 0 Å². The van der Waals surface area contributed by atoms with E-state index in [2.05, 4.69) is 23.1 Å². The molecular weight excluding hydrogens is 324 g/mol. The Morgan fingerprint density at radius 3 is 2.38 bits per heavy atom. The third-order valence-electron chi connectivity index (χ3n) is 4.48. The highest BCUT2D eigenvalue weighted by atomic mass is 32.2. The van der Waals surface area contributed by atoms with Gasteiger partial charge < -0.3 is 0 Å². The second-order valence-electron chi connectivity index (χ2n) is 6.34. The lowest BCUT2D eigenvalue weighted by molar-refractivity contribution is 0.370. The molecule has 0 aliphatic carbocycles. The molecule has 6 nitrogen and oxygen atoms in total. The van der Waals surface area contributed by atoms with Gasteiger partial charge >= 0.3 is 0 Å². The van der Waals surface area contributed by atoms with E-state index in [4.69, 9.17) is 0 Å². The molecule has 0 radical (unpaired) electrons. The van der Waals surface area contributed by atoms with E-state index in [0.717, 1.165) is 37.1 Å². The summed E-state index contributed by atoms with van der Waals surface area (Å²) in [6.07, 6.45) is 5.02. The number of rotatable bonds is 3. The summed E-state index contributed by atoms with van der Waals surface area (Å²) in [6, 6.07) is 8.80. The van der Waals surface area contributed by atoms with Crippen molar-refractivity contribution in [3.63, 3.8) is 0 Å². The first-order chi connectivity index (χ1) is 11.4. The third-order valence-corrected chi connectivity index (χ3v) is 5.61. The fourth-order valence-corrected chi connectivity index (χ4v) is 3.57. The Balaban J connectivity index is 1.94. The maximum atomic E-state index is 11.6. The minimum atomic E-state index is -3.23. The van der Waals surface area contributed by atoms with Gasteiger partial charge in [0, 0.05) is 24.9 Å². The molecule has 0 spiro atoms. The second kappa shape index (κ2) is 6.29. The molecular formula is C17H20N4O2S. The zero-order valence-electron chi connectivity index (χ0n) is 13.8. The zero-order valence-corrected chi connectivity index (χ0v) is 14.6. The van der Waals surface area contributed by atoms with Gasteiger partial charge in [0.1, 0.15) is 6.07 Å². The van der Waals surface area contributed by atoms with Crippen LogP contribution in [-0.2, 0) is 9.84 Å². The van der Waals surface area contributed by atoms with Crippen molar-refractivity contribution in [2.45, 2.75) is 24.7 Å². The lowest BCUT2D eigenvalue weighted by atomic mass is 10.0. The van der Waals surface area contributed by atoms with Gasteiger partial charge in [0.2, 0.25) is 0 Å². The summed E-state index contributed by atoms with van der Waals surface area (Å²) in [4.78, 5) is 1.95. The van der Waals surface area contributed by atoms with Gasteiger partial charge in [-0.1, -0.05) is 19.1 Å². The summed E-state index contributed by atoms with van der Waals surface area (Å²) in [7, 11) is -3.23. The van der Waals surface area contributed by atoms with Crippen LogP contribution in [0.25, 0.3) is 11.1 Å². The summed E-state index contributed by atoms with van der Waals surface area (Å²) in [5, 5.41) is 16.1. The predicted octanol–water partition coefficient (Wildman–Crippen LogP) is 2.19. The molecule has 0 saturated carbocycles. The van der Waals surface area contributed by atoms with Crippen LogP contribution in [-0.4, -0.2) is 37.7 Å². The molecule has 1 aliphatic heterocycles. The molecule has 0 N–H and O–H groups in total. The molecule has 1 aromatic carbocycles. The van der Waals surface area contributed by atoms with E-state index < -0.39 is 9.84 Å². The predicted molar refractivity (Wildman–Crippen MR) is 91.8 cm³/mol. The molecule has 0 amide bonds. The average Bonchev–Trinajstić information content (AvgIpc) is 2.98. The number of hydrogen-bond donors (Lipinski definition) is 0. The molecule has 3 rings (SSSR count). The molecule has 126 valence electrons. The van der Waals surface area contributed by atoms with Crippen molar-refractivity contribution in [1.82, 2.24) is 9.89 Å². The Labute approximate surface area is 142 Å². The third kappa shape index (κ3) is 3.15. The normalized spacial score (nSPS) is 16.1. The smallest absolute Gasteiger partial charge is 0.175 e.